The molecule has 0 aromatic heterocycles. The third-order valence-electron chi connectivity index (χ3n) is 2.51. The minimum absolute atomic E-state index is 0.127. The van der Waals surface area contributed by atoms with Crippen LogP contribution in [-0.2, 0) is 0 Å². The zero-order chi connectivity index (χ0) is 9.84. The van der Waals surface area contributed by atoms with Crippen molar-refractivity contribution in [3.63, 3.8) is 0 Å². The van der Waals surface area contributed by atoms with Gasteiger partial charge in [-0.3, -0.25) is 0 Å². The molecule has 1 nitrogen and oxygen atoms in total. The Morgan fingerprint density at radius 3 is 2.31 bits per heavy atom. The van der Waals surface area contributed by atoms with Gasteiger partial charge in [-0.15, -0.1) is 0 Å². The van der Waals surface area contributed by atoms with Gasteiger partial charge < -0.3 is 5.73 Å². The molecule has 0 aliphatic carbocycles. The lowest BCUT2D eigenvalue weighted by Crippen LogP contribution is -2.18. The van der Waals surface area contributed by atoms with Crippen LogP contribution < -0.4 is 5.73 Å². The normalized spacial score (nSPS) is 15.4. The second kappa shape index (κ2) is 4.64. The topological polar surface area (TPSA) is 26.0 Å². The van der Waals surface area contributed by atoms with Crippen molar-refractivity contribution >= 4 is 11.6 Å². The summed E-state index contributed by atoms with van der Waals surface area (Å²) in [6.45, 7) is 4.32. The quantitative estimate of drug-likeness (QED) is 0.790. The maximum atomic E-state index is 6.06. The molecular formula is C11H16ClN. The average Bonchev–Trinajstić information content (AvgIpc) is 2.17. The fourth-order valence-electron chi connectivity index (χ4n) is 1.27. The van der Waals surface area contributed by atoms with Crippen LogP contribution in [0.25, 0.3) is 0 Å². The van der Waals surface area contributed by atoms with Gasteiger partial charge in [0, 0.05) is 11.1 Å². The van der Waals surface area contributed by atoms with Gasteiger partial charge in [-0.1, -0.05) is 44.0 Å². The van der Waals surface area contributed by atoms with Crippen LogP contribution in [0.5, 0.6) is 0 Å². The molecule has 0 aliphatic rings. The van der Waals surface area contributed by atoms with Gasteiger partial charge in [0.25, 0.3) is 0 Å². The molecular weight excluding hydrogens is 182 g/mol. The van der Waals surface area contributed by atoms with E-state index >= 15 is 0 Å². The van der Waals surface area contributed by atoms with Crippen molar-refractivity contribution in [2.45, 2.75) is 26.3 Å². The Morgan fingerprint density at radius 2 is 1.85 bits per heavy atom. The smallest absolute Gasteiger partial charge is 0.0406 e. The van der Waals surface area contributed by atoms with Gasteiger partial charge >= 0.3 is 0 Å². The minimum Gasteiger partial charge on any atom is -0.324 e. The van der Waals surface area contributed by atoms with Crippen LogP contribution in [0.2, 0.25) is 5.02 Å². The highest BCUT2D eigenvalue weighted by Crippen LogP contribution is 2.22. The van der Waals surface area contributed by atoms with Crippen LogP contribution in [-0.4, -0.2) is 0 Å². The maximum absolute atomic E-state index is 6.06. The summed E-state index contributed by atoms with van der Waals surface area (Å²) in [5.74, 6) is 0.515. The lowest BCUT2D eigenvalue weighted by atomic mass is 9.93. The number of nitrogens with two attached hydrogens (primary N) is 1. The van der Waals surface area contributed by atoms with Gasteiger partial charge in [0.05, 0.1) is 0 Å². The van der Waals surface area contributed by atoms with Crippen LogP contribution in [0.3, 0.4) is 0 Å². The summed E-state index contributed by atoms with van der Waals surface area (Å²) >= 11 is 5.79. The van der Waals surface area contributed by atoms with Crippen molar-refractivity contribution in [1.29, 1.82) is 0 Å². The van der Waals surface area contributed by atoms with Crippen LogP contribution in [0.4, 0.5) is 0 Å². The van der Waals surface area contributed by atoms with Crippen LogP contribution in [0.1, 0.15) is 31.9 Å². The van der Waals surface area contributed by atoms with E-state index in [1.807, 2.05) is 24.3 Å². The molecule has 0 aliphatic heterocycles. The molecule has 1 rings (SSSR count). The molecule has 2 atom stereocenters. The number of hydrogen-bond donors (Lipinski definition) is 1. The summed E-state index contributed by atoms with van der Waals surface area (Å²) in [6, 6.07) is 7.90. The number of benzene rings is 1. The van der Waals surface area contributed by atoms with Crippen molar-refractivity contribution in [3.05, 3.63) is 34.9 Å². The predicted molar refractivity (Wildman–Crippen MR) is 57.8 cm³/mol. The first-order valence-electron chi connectivity index (χ1n) is 4.66. The van der Waals surface area contributed by atoms with E-state index in [9.17, 15) is 0 Å². The highest BCUT2D eigenvalue weighted by molar-refractivity contribution is 6.30. The van der Waals surface area contributed by atoms with Crippen molar-refractivity contribution in [1.82, 2.24) is 0 Å². The van der Waals surface area contributed by atoms with E-state index in [1.165, 1.54) is 5.56 Å². The maximum Gasteiger partial charge on any atom is 0.0406 e. The molecule has 0 saturated carbocycles. The zero-order valence-electron chi connectivity index (χ0n) is 8.13. The van der Waals surface area contributed by atoms with Gasteiger partial charge in [-0.05, 0) is 23.6 Å². The second-order valence-electron chi connectivity index (χ2n) is 3.46. The van der Waals surface area contributed by atoms with Crippen LogP contribution in [0.15, 0.2) is 24.3 Å². The number of rotatable bonds is 3. The molecule has 0 spiro atoms. The average molecular weight is 198 g/mol. The lowest BCUT2D eigenvalue weighted by Gasteiger charge is -2.18. The van der Waals surface area contributed by atoms with Gasteiger partial charge in [0.2, 0.25) is 0 Å². The molecule has 72 valence electrons. The van der Waals surface area contributed by atoms with Gasteiger partial charge in [-0.2, -0.15) is 0 Å². The number of hydrogen-bond acceptors (Lipinski definition) is 1. The third-order valence-corrected chi connectivity index (χ3v) is 2.76. The van der Waals surface area contributed by atoms with E-state index < -0.39 is 0 Å². The first-order chi connectivity index (χ1) is 6.15. The Labute approximate surface area is 84.9 Å². The lowest BCUT2D eigenvalue weighted by molar-refractivity contribution is 0.457. The van der Waals surface area contributed by atoms with Gasteiger partial charge in [0.15, 0.2) is 0 Å². The molecule has 0 bridgehead atoms. The summed E-state index contributed by atoms with van der Waals surface area (Å²) in [7, 11) is 0. The highest BCUT2D eigenvalue weighted by Gasteiger charge is 2.12. The highest BCUT2D eigenvalue weighted by atomic mass is 35.5. The summed E-state index contributed by atoms with van der Waals surface area (Å²) in [6.07, 6.45) is 1.10. The summed E-state index contributed by atoms with van der Waals surface area (Å²) in [5, 5.41) is 0.764. The van der Waals surface area contributed by atoms with Crippen LogP contribution in [0, 0.1) is 5.92 Å². The van der Waals surface area contributed by atoms with Gasteiger partial charge in [-0.25, -0.2) is 0 Å². The van der Waals surface area contributed by atoms with Crippen molar-refractivity contribution in [2.75, 3.05) is 0 Å². The predicted octanol–water partition coefficient (Wildman–Crippen LogP) is 3.39. The standard InChI is InChI=1S/C11H16ClN/c1-3-8(2)11(13)9-4-6-10(12)7-5-9/h4-8,11H,3,13H2,1-2H3. The molecule has 1 aromatic carbocycles. The number of halogens is 1. The molecule has 2 heteroatoms. The monoisotopic (exact) mass is 197 g/mol. The zero-order valence-corrected chi connectivity index (χ0v) is 8.88. The molecule has 1 aromatic rings. The Balaban J connectivity index is 2.77. The second-order valence-corrected chi connectivity index (χ2v) is 3.90. The molecule has 0 heterocycles. The van der Waals surface area contributed by atoms with Crippen LogP contribution >= 0.6 is 11.6 Å². The fraction of sp³-hybridized carbons (Fsp3) is 0.455. The third kappa shape index (κ3) is 2.71. The van der Waals surface area contributed by atoms with E-state index in [0.717, 1.165) is 11.4 Å². The molecule has 2 unspecified atom stereocenters. The largest absolute Gasteiger partial charge is 0.324 e. The van der Waals surface area contributed by atoms with E-state index in [1.54, 1.807) is 0 Å². The molecule has 13 heavy (non-hydrogen) atoms. The summed E-state index contributed by atoms with van der Waals surface area (Å²) < 4.78 is 0. The first-order valence-corrected chi connectivity index (χ1v) is 5.04. The van der Waals surface area contributed by atoms with Crippen molar-refractivity contribution in [2.24, 2.45) is 11.7 Å². The first kappa shape index (κ1) is 10.6. The van der Waals surface area contributed by atoms with Crippen molar-refractivity contribution < 1.29 is 0 Å². The van der Waals surface area contributed by atoms with E-state index in [0.29, 0.717) is 5.92 Å². The molecule has 0 fully saturated rings. The summed E-state index contributed by atoms with van der Waals surface area (Å²) in [4.78, 5) is 0. The Morgan fingerprint density at radius 1 is 1.31 bits per heavy atom. The molecule has 0 amide bonds. The van der Waals surface area contributed by atoms with E-state index in [-0.39, 0.29) is 6.04 Å². The minimum atomic E-state index is 0.127. The Bertz CT molecular complexity index is 255. The van der Waals surface area contributed by atoms with Gasteiger partial charge in [0.1, 0.15) is 0 Å². The van der Waals surface area contributed by atoms with E-state index in [2.05, 4.69) is 13.8 Å². The Hall–Kier alpha value is -0.530. The fourth-order valence-corrected chi connectivity index (χ4v) is 1.39. The van der Waals surface area contributed by atoms with E-state index in [4.69, 9.17) is 17.3 Å². The Kier molecular flexibility index (Phi) is 3.76. The summed E-state index contributed by atoms with van der Waals surface area (Å²) in [5.41, 5.74) is 7.22. The molecule has 0 radical (unpaired) electrons. The molecule has 2 N–H and O–H groups in total. The van der Waals surface area contributed by atoms with Crippen molar-refractivity contribution in [3.8, 4) is 0 Å². The SMILES string of the molecule is CCC(C)C(N)c1ccc(Cl)cc1. The molecule has 0 saturated heterocycles.